The molecule has 3 atom stereocenters. The summed E-state index contributed by atoms with van der Waals surface area (Å²) in [7, 11) is 1.53. The molecular weight excluding hydrogens is 464 g/mol. The lowest BCUT2D eigenvalue weighted by Gasteiger charge is -2.21. The van der Waals surface area contributed by atoms with Gasteiger partial charge < -0.3 is 25.6 Å². The highest BCUT2D eigenvalue weighted by Gasteiger charge is 2.35. The number of aromatic hydroxyl groups is 1. The van der Waals surface area contributed by atoms with Crippen LogP contribution in [0.4, 0.5) is 5.82 Å². The van der Waals surface area contributed by atoms with Gasteiger partial charge in [-0.25, -0.2) is 0 Å². The minimum Gasteiger partial charge on any atom is -0.508 e. The molecule has 1 aliphatic carbocycles. The third kappa shape index (κ3) is 3.49. The Hall–Kier alpha value is -3.73. The molecule has 3 unspecified atom stereocenters. The smallest absolute Gasteiger partial charge is 0.318 e. The third-order valence-electron chi connectivity index (χ3n) is 6.98. The average molecular weight is 487 g/mol. The van der Waals surface area contributed by atoms with Crippen molar-refractivity contribution in [1.82, 2.24) is 9.97 Å². The van der Waals surface area contributed by atoms with Gasteiger partial charge in [0.2, 0.25) is 0 Å². The van der Waals surface area contributed by atoms with E-state index in [1.54, 1.807) is 12.1 Å². The zero-order valence-electron chi connectivity index (χ0n) is 19.0. The second kappa shape index (κ2) is 8.19. The maximum Gasteiger partial charge on any atom is 0.318 e. The number of aromatic nitrogens is 2. The summed E-state index contributed by atoms with van der Waals surface area (Å²) in [5.41, 5.74) is 9.02. The molecular formula is C27H23ClN4O3. The molecule has 1 fully saturated rings. The molecule has 7 nitrogen and oxygen atoms in total. The second-order valence-corrected chi connectivity index (χ2v) is 9.49. The highest BCUT2D eigenvalue weighted by molar-refractivity contribution is 6.37. The molecule has 4 aromatic rings. The number of nitrogens with zero attached hydrogens (tertiary/aromatic N) is 2. The molecule has 2 heterocycles. The molecule has 1 saturated carbocycles. The largest absolute Gasteiger partial charge is 0.508 e. The number of nitrogens with two attached hydrogens (primary N) is 1. The first-order chi connectivity index (χ1) is 17.0. The van der Waals surface area contributed by atoms with Crippen molar-refractivity contribution >= 4 is 39.1 Å². The molecule has 2 aliphatic rings. The Bertz CT molecular complexity index is 1550. The molecule has 176 valence electrons. The van der Waals surface area contributed by atoms with Gasteiger partial charge in [-0.15, -0.1) is 6.42 Å². The summed E-state index contributed by atoms with van der Waals surface area (Å²) < 4.78 is 11.8. The third-order valence-corrected chi connectivity index (χ3v) is 7.36. The van der Waals surface area contributed by atoms with Crippen molar-refractivity contribution in [3.63, 3.8) is 0 Å². The number of methoxy groups -OCH3 is 1. The van der Waals surface area contributed by atoms with Crippen molar-refractivity contribution in [2.75, 3.05) is 19.0 Å². The van der Waals surface area contributed by atoms with Crippen molar-refractivity contribution in [2.45, 2.75) is 24.9 Å². The lowest BCUT2D eigenvalue weighted by molar-refractivity contribution is 0.242. The summed E-state index contributed by atoms with van der Waals surface area (Å²) in [6, 6.07) is 11.2. The first-order valence-electron chi connectivity index (χ1n) is 11.4. The molecule has 3 aromatic carbocycles. The summed E-state index contributed by atoms with van der Waals surface area (Å²) in [6.07, 6.45) is 7.53. The van der Waals surface area contributed by atoms with Crippen molar-refractivity contribution in [2.24, 2.45) is 11.7 Å². The van der Waals surface area contributed by atoms with Gasteiger partial charge in [-0.3, -0.25) is 0 Å². The fourth-order valence-electron chi connectivity index (χ4n) is 5.34. The van der Waals surface area contributed by atoms with E-state index in [9.17, 15) is 5.11 Å². The number of ether oxygens (including phenoxy) is 2. The van der Waals surface area contributed by atoms with Crippen LogP contribution in [0.5, 0.6) is 17.5 Å². The molecule has 35 heavy (non-hydrogen) atoms. The molecule has 1 aliphatic heterocycles. The summed E-state index contributed by atoms with van der Waals surface area (Å²) >= 11 is 7.06. The summed E-state index contributed by atoms with van der Waals surface area (Å²) in [5, 5.41) is 16.7. The van der Waals surface area contributed by atoms with E-state index in [0.717, 1.165) is 23.6 Å². The van der Waals surface area contributed by atoms with E-state index in [-0.39, 0.29) is 29.8 Å². The van der Waals surface area contributed by atoms with Crippen LogP contribution < -0.4 is 20.5 Å². The number of halogens is 1. The SMILES string of the molecule is C#Cc1cccc2cc(O)cc(-c3cc4nc(OC)nc5c4c(c3Cl)OCC3CC(CC3N)N5)c12. The van der Waals surface area contributed by atoms with Gasteiger partial charge in [-0.05, 0) is 48.1 Å². The minimum atomic E-state index is 0.0171. The number of hydrogen-bond donors (Lipinski definition) is 3. The summed E-state index contributed by atoms with van der Waals surface area (Å²) in [6.45, 7) is 0.430. The van der Waals surface area contributed by atoms with Gasteiger partial charge in [0.1, 0.15) is 11.6 Å². The highest BCUT2D eigenvalue weighted by atomic mass is 35.5. The van der Waals surface area contributed by atoms with Crippen LogP contribution in [-0.2, 0) is 0 Å². The quantitative estimate of drug-likeness (QED) is 0.352. The van der Waals surface area contributed by atoms with Crippen LogP contribution in [0, 0.1) is 18.3 Å². The Morgan fingerprint density at radius 3 is 2.86 bits per heavy atom. The zero-order chi connectivity index (χ0) is 24.3. The average Bonchev–Trinajstić information content (AvgIpc) is 3.23. The molecule has 2 bridgehead atoms. The van der Waals surface area contributed by atoms with Gasteiger partial charge in [0.25, 0.3) is 0 Å². The normalized spacial score (nSPS) is 20.9. The number of anilines is 1. The Morgan fingerprint density at radius 1 is 1.20 bits per heavy atom. The number of nitrogens with one attached hydrogen (secondary N) is 1. The van der Waals surface area contributed by atoms with Crippen molar-refractivity contribution < 1.29 is 14.6 Å². The van der Waals surface area contributed by atoms with Crippen LogP contribution in [-0.4, -0.2) is 40.9 Å². The standard InChI is InChI=1S/C27H23ClN4O3/c1-3-13-5-4-6-14-8-17(33)10-18(22(13)14)19-11-21-23-25(24(19)28)35-12-15-7-16(9-20(15)29)30-26(23)32-27(31-21)34-2/h1,4-6,8,10-11,15-16,20,33H,7,9,12,29H2,2H3,(H,30,31,32). The summed E-state index contributed by atoms with van der Waals surface area (Å²) in [4.78, 5) is 9.19. The van der Waals surface area contributed by atoms with Crippen LogP contribution in [0.3, 0.4) is 0 Å². The van der Waals surface area contributed by atoms with Crippen LogP contribution >= 0.6 is 11.6 Å². The highest BCUT2D eigenvalue weighted by Crippen LogP contribution is 2.48. The molecule has 0 radical (unpaired) electrons. The predicted octanol–water partition coefficient (Wildman–Crippen LogP) is 4.71. The van der Waals surface area contributed by atoms with E-state index in [0.29, 0.717) is 50.8 Å². The lowest BCUT2D eigenvalue weighted by Crippen LogP contribution is -2.29. The van der Waals surface area contributed by atoms with Gasteiger partial charge in [-0.1, -0.05) is 29.7 Å². The number of phenolic OH excluding ortho intramolecular Hbond substituents is 1. The van der Waals surface area contributed by atoms with Gasteiger partial charge in [0.15, 0.2) is 5.75 Å². The van der Waals surface area contributed by atoms with E-state index < -0.39 is 0 Å². The van der Waals surface area contributed by atoms with Gasteiger partial charge in [-0.2, -0.15) is 9.97 Å². The first kappa shape index (κ1) is 21.8. The first-order valence-corrected chi connectivity index (χ1v) is 11.8. The maximum atomic E-state index is 10.5. The number of phenols is 1. The number of benzene rings is 3. The number of hydrogen-bond acceptors (Lipinski definition) is 7. The molecule has 6 rings (SSSR count). The van der Waals surface area contributed by atoms with Crippen molar-refractivity contribution in [3.8, 4) is 41.0 Å². The maximum absolute atomic E-state index is 10.5. The minimum absolute atomic E-state index is 0.0171. The van der Waals surface area contributed by atoms with Crippen LogP contribution in [0.2, 0.25) is 5.02 Å². The fourth-order valence-corrected chi connectivity index (χ4v) is 5.65. The topological polar surface area (TPSA) is 103 Å². The zero-order valence-corrected chi connectivity index (χ0v) is 19.8. The van der Waals surface area contributed by atoms with Crippen molar-refractivity contribution in [1.29, 1.82) is 0 Å². The lowest BCUT2D eigenvalue weighted by atomic mass is 9.93. The number of terminal acetylenes is 1. The van der Waals surface area contributed by atoms with Crippen LogP contribution in [0.1, 0.15) is 18.4 Å². The monoisotopic (exact) mass is 486 g/mol. The predicted molar refractivity (Wildman–Crippen MR) is 137 cm³/mol. The number of rotatable bonds is 2. The number of fused-ring (bicyclic) bond motifs is 3. The molecule has 0 amide bonds. The second-order valence-electron chi connectivity index (χ2n) is 9.11. The van der Waals surface area contributed by atoms with E-state index in [4.69, 9.17) is 33.2 Å². The Labute approximate surface area is 207 Å². The van der Waals surface area contributed by atoms with Gasteiger partial charge in [0.05, 0.1) is 29.6 Å². The Kier molecular flexibility index (Phi) is 5.10. The van der Waals surface area contributed by atoms with E-state index in [1.807, 2.05) is 24.3 Å². The molecule has 0 saturated heterocycles. The molecule has 4 N–H and O–H groups in total. The van der Waals surface area contributed by atoms with Crippen molar-refractivity contribution in [3.05, 3.63) is 47.0 Å². The van der Waals surface area contributed by atoms with Gasteiger partial charge in [0, 0.05) is 34.5 Å². The van der Waals surface area contributed by atoms with E-state index >= 15 is 0 Å². The fraction of sp³-hybridized carbons (Fsp3) is 0.259. The summed E-state index contributed by atoms with van der Waals surface area (Å²) in [5.74, 6) is 4.10. The van der Waals surface area contributed by atoms with Crippen LogP contribution in [0.15, 0.2) is 36.4 Å². The van der Waals surface area contributed by atoms with E-state index in [1.165, 1.54) is 7.11 Å². The molecule has 0 spiro atoms. The van der Waals surface area contributed by atoms with Crippen LogP contribution in [0.25, 0.3) is 32.8 Å². The molecule has 1 aromatic heterocycles. The molecule has 8 heteroatoms. The van der Waals surface area contributed by atoms with Gasteiger partial charge >= 0.3 is 6.01 Å². The Morgan fingerprint density at radius 2 is 2.06 bits per heavy atom. The van der Waals surface area contributed by atoms with E-state index in [2.05, 4.69) is 21.2 Å². The Balaban J connectivity index is 1.68.